The van der Waals surface area contributed by atoms with Gasteiger partial charge in [0.05, 0.1) is 51.4 Å². The van der Waals surface area contributed by atoms with Crippen molar-refractivity contribution in [1.29, 1.82) is 10.5 Å². The highest BCUT2D eigenvalue weighted by Gasteiger charge is 2.22. The maximum Gasteiger partial charge on any atom is 0.166 e. The lowest BCUT2D eigenvalue weighted by Crippen LogP contribution is -2.04. The average Bonchev–Trinajstić information content (AvgIpc) is 3.72. The molecule has 3 aromatic heterocycles. The number of hydrogen-bond acceptors (Lipinski definition) is 7. The smallest absolute Gasteiger partial charge is 0.166 e. The van der Waals surface area contributed by atoms with E-state index in [-0.39, 0.29) is 0 Å². The largest absolute Gasteiger partial charge is 0.308 e. The Bertz CT molecular complexity index is 3520. The average molecular weight is 831 g/mol. The van der Waals surface area contributed by atoms with Crippen LogP contribution in [0.4, 0.5) is 0 Å². The van der Waals surface area contributed by atoms with Crippen molar-refractivity contribution in [2.24, 2.45) is 0 Å². The maximum atomic E-state index is 9.87. The molecule has 0 amide bonds. The third-order valence-electron chi connectivity index (χ3n) is 11.5. The van der Waals surface area contributed by atoms with Crippen LogP contribution in [0.3, 0.4) is 0 Å². The molecule has 0 radical (unpaired) electrons. The summed E-state index contributed by atoms with van der Waals surface area (Å²) in [5.41, 5.74) is 12.0. The van der Waals surface area contributed by atoms with Crippen LogP contribution in [0.5, 0.6) is 0 Å². The molecule has 11 rings (SSSR count). The highest BCUT2D eigenvalue weighted by Crippen LogP contribution is 2.40. The van der Waals surface area contributed by atoms with Crippen LogP contribution in [0.1, 0.15) is 11.1 Å². The summed E-state index contributed by atoms with van der Waals surface area (Å²) in [4.78, 5) is 26.0. The van der Waals surface area contributed by atoms with Crippen LogP contribution in [0.15, 0.2) is 206 Å². The fraction of sp³-hybridized carbons (Fsp3) is 0. The Kier molecular flexibility index (Phi) is 9.78. The molecule has 302 valence electrons. The van der Waals surface area contributed by atoms with Gasteiger partial charge >= 0.3 is 0 Å². The molecule has 0 atom stereocenters. The van der Waals surface area contributed by atoms with E-state index in [0.717, 1.165) is 83.4 Å². The summed E-state index contributed by atoms with van der Waals surface area (Å²) in [6.45, 7) is 0. The molecule has 0 spiro atoms. The number of fused-ring (bicyclic) bond motifs is 3. The second-order valence-electron chi connectivity index (χ2n) is 15.6. The molecule has 8 heteroatoms. The van der Waals surface area contributed by atoms with Crippen molar-refractivity contribution >= 4 is 21.8 Å². The van der Waals surface area contributed by atoms with Crippen molar-refractivity contribution in [3.05, 3.63) is 217 Å². The van der Waals surface area contributed by atoms with Crippen LogP contribution < -0.4 is 0 Å². The number of hydrogen-bond donors (Lipinski definition) is 0. The number of nitriles is 2. The lowest BCUT2D eigenvalue weighted by molar-refractivity contribution is 1.06. The van der Waals surface area contributed by atoms with Crippen molar-refractivity contribution in [2.45, 2.75) is 0 Å². The van der Waals surface area contributed by atoms with Crippen LogP contribution in [-0.4, -0.2) is 29.5 Å². The highest BCUT2D eigenvalue weighted by atomic mass is 15.1. The molecule has 0 saturated heterocycles. The summed E-state index contributed by atoms with van der Waals surface area (Å²) in [5, 5.41) is 21.8. The maximum absolute atomic E-state index is 9.87. The molecule has 0 N–H and O–H groups in total. The Morgan fingerprint density at radius 3 is 1.37 bits per heavy atom. The molecule has 11 aromatic rings. The number of benzene rings is 8. The Balaban J connectivity index is 1.21. The lowest BCUT2D eigenvalue weighted by Gasteiger charge is -2.17. The van der Waals surface area contributed by atoms with Crippen LogP contribution in [0.2, 0.25) is 0 Å². The summed E-state index contributed by atoms with van der Waals surface area (Å²) in [6.07, 6.45) is 0. The third kappa shape index (κ3) is 7.34. The Morgan fingerprint density at radius 1 is 0.323 bits per heavy atom. The van der Waals surface area contributed by atoms with Gasteiger partial charge in [0, 0.05) is 44.2 Å². The van der Waals surface area contributed by atoms with Gasteiger partial charge in [0.25, 0.3) is 0 Å². The van der Waals surface area contributed by atoms with E-state index in [0.29, 0.717) is 34.4 Å². The first-order valence-electron chi connectivity index (χ1n) is 21.1. The minimum absolute atomic E-state index is 0.421. The zero-order valence-electron chi connectivity index (χ0n) is 34.7. The van der Waals surface area contributed by atoms with Crippen molar-refractivity contribution in [2.75, 3.05) is 0 Å². The highest BCUT2D eigenvalue weighted by molar-refractivity contribution is 6.10. The SMILES string of the molecule is N#Cc1cc(C#N)cc(-c2ccc3c4ccccc4n(-c4ccc(-c5nc(-c6ccccc6)cc(-c6ccccc6)n5)cc4-c4nc(-c5ccccc5)nc(-c5ccccc5)n4)c3c2)c1. The molecule has 0 aliphatic heterocycles. The molecule has 0 bridgehead atoms. The first-order chi connectivity index (χ1) is 32.1. The molecule has 3 heterocycles. The van der Waals surface area contributed by atoms with E-state index in [1.807, 2.05) is 133 Å². The zero-order chi connectivity index (χ0) is 43.7. The van der Waals surface area contributed by atoms with E-state index < -0.39 is 0 Å². The monoisotopic (exact) mass is 830 g/mol. The summed E-state index contributed by atoms with van der Waals surface area (Å²) in [7, 11) is 0. The van der Waals surface area contributed by atoms with E-state index in [9.17, 15) is 10.5 Å². The molecule has 8 nitrogen and oxygen atoms in total. The zero-order valence-corrected chi connectivity index (χ0v) is 34.7. The second-order valence-corrected chi connectivity index (χ2v) is 15.6. The molecule has 0 fully saturated rings. The molecular formula is C57H34N8. The van der Waals surface area contributed by atoms with Crippen LogP contribution >= 0.6 is 0 Å². The summed E-state index contributed by atoms with van der Waals surface area (Å²) >= 11 is 0. The molecule has 8 aromatic carbocycles. The fourth-order valence-corrected chi connectivity index (χ4v) is 8.40. The van der Waals surface area contributed by atoms with E-state index in [2.05, 4.69) is 83.4 Å². The van der Waals surface area contributed by atoms with Gasteiger partial charge < -0.3 is 4.57 Å². The number of para-hydroxylation sites is 1. The number of aromatic nitrogens is 6. The first-order valence-corrected chi connectivity index (χ1v) is 21.1. The quantitative estimate of drug-likeness (QED) is 0.150. The van der Waals surface area contributed by atoms with Crippen LogP contribution in [-0.2, 0) is 0 Å². The third-order valence-corrected chi connectivity index (χ3v) is 11.5. The van der Waals surface area contributed by atoms with Gasteiger partial charge in [-0.2, -0.15) is 10.5 Å². The van der Waals surface area contributed by atoms with Crippen molar-refractivity contribution in [3.63, 3.8) is 0 Å². The minimum atomic E-state index is 0.421. The second kappa shape index (κ2) is 16.5. The molecule has 0 aliphatic rings. The van der Waals surface area contributed by atoms with E-state index in [4.69, 9.17) is 24.9 Å². The number of nitrogens with zero attached hydrogens (tertiary/aromatic N) is 8. The van der Waals surface area contributed by atoms with Gasteiger partial charge in [0.2, 0.25) is 0 Å². The van der Waals surface area contributed by atoms with Crippen molar-refractivity contribution in [1.82, 2.24) is 29.5 Å². The minimum Gasteiger partial charge on any atom is -0.308 e. The van der Waals surface area contributed by atoms with E-state index >= 15 is 0 Å². The van der Waals surface area contributed by atoms with Gasteiger partial charge in [-0.3, -0.25) is 0 Å². The van der Waals surface area contributed by atoms with Gasteiger partial charge in [0.15, 0.2) is 23.3 Å². The molecule has 0 saturated carbocycles. The lowest BCUT2D eigenvalue weighted by atomic mass is 9.99. The van der Waals surface area contributed by atoms with Gasteiger partial charge in [-0.05, 0) is 65.7 Å². The van der Waals surface area contributed by atoms with E-state index in [1.54, 1.807) is 6.07 Å². The predicted molar refractivity (Wildman–Crippen MR) is 257 cm³/mol. The normalized spacial score (nSPS) is 11.0. The summed E-state index contributed by atoms with van der Waals surface area (Å²) in [5.74, 6) is 2.10. The molecule has 0 aliphatic carbocycles. The number of rotatable bonds is 8. The van der Waals surface area contributed by atoms with Gasteiger partial charge in [-0.1, -0.05) is 152 Å². The van der Waals surface area contributed by atoms with E-state index in [1.165, 1.54) is 0 Å². The first kappa shape index (κ1) is 38.5. The standard InChI is InChI=1S/C57H34N8/c58-35-37-29-38(36-59)31-45(30-37)43-25-27-47-46-23-13-14-24-51(46)65(53(47)33-43)52-28-26-44(56-60-49(39-15-5-1-6-16-39)34-50(61-56)40-17-7-2-8-18-40)32-48(52)57-63-54(41-19-9-3-10-20-41)62-55(64-57)42-21-11-4-12-22-42/h1-34H. The van der Waals surface area contributed by atoms with Crippen LogP contribution in [0, 0.1) is 22.7 Å². The van der Waals surface area contributed by atoms with Crippen molar-refractivity contribution < 1.29 is 0 Å². The molecule has 0 unspecified atom stereocenters. The van der Waals surface area contributed by atoms with Gasteiger partial charge in [0.1, 0.15) is 0 Å². The molecule has 65 heavy (non-hydrogen) atoms. The van der Waals surface area contributed by atoms with Gasteiger partial charge in [-0.25, -0.2) is 24.9 Å². The Morgan fingerprint density at radius 2 is 0.800 bits per heavy atom. The Labute approximate surface area is 374 Å². The summed E-state index contributed by atoms with van der Waals surface area (Å²) < 4.78 is 2.25. The molecular weight excluding hydrogens is 797 g/mol. The summed E-state index contributed by atoms with van der Waals surface area (Å²) in [6, 6.07) is 72.8. The fourth-order valence-electron chi connectivity index (χ4n) is 8.40. The predicted octanol–water partition coefficient (Wildman–Crippen LogP) is 13.2. The van der Waals surface area contributed by atoms with Gasteiger partial charge in [-0.15, -0.1) is 0 Å². The van der Waals surface area contributed by atoms with Crippen molar-refractivity contribution in [3.8, 4) is 97.0 Å². The topological polar surface area (TPSA) is 117 Å². The Hall–Kier alpha value is -9.37. The van der Waals surface area contributed by atoms with Crippen LogP contribution in [0.25, 0.3) is 107 Å².